The Morgan fingerprint density at radius 2 is 2.00 bits per heavy atom. The molecule has 0 N–H and O–H groups in total. The molecule has 17 heavy (non-hydrogen) atoms. The Morgan fingerprint density at radius 3 is 2.76 bits per heavy atom. The maximum atomic E-state index is 12.0. The summed E-state index contributed by atoms with van der Waals surface area (Å²) in [6.45, 7) is 4.62. The fourth-order valence-electron chi connectivity index (χ4n) is 3.55. The molecule has 1 aliphatic heterocycles. The van der Waals surface area contributed by atoms with Gasteiger partial charge in [-0.05, 0) is 51.1 Å². The molecule has 0 aromatic heterocycles. The van der Waals surface area contributed by atoms with E-state index in [-0.39, 0.29) is 6.04 Å². The minimum Gasteiger partial charge on any atom is -0.298 e. The molecule has 2 nitrogen and oxygen atoms in total. The molecule has 0 amide bonds. The monoisotopic (exact) mass is 237 g/mol. The Labute approximate surface area is 106 Å². The van der Waals surface area contributed by atoms with Crippen LogP contribution in [0, 0.1) is 5.92 Å². The van der Waals surface area contributed by atoms with Crippen molar-refractivity contribution in [3.8, 4) is 0 Å². The van der Waals surface area contributed by atoms with Crippen LogP contribution in [0.1, 0.15) is 64.7 Å². The first-order valence-electron chi connectivity index (χ1n) is 7.58. The van der Waals surface area contributed by atoms with E-state index in [1.54, 1.807) is 0 Å². The molecule has 0 radical (unpaired) electrons. The Balaban J connectivity index is 1.87. The number of likely N-dealkylation sites (tertiary alicyclic amines) is 1. The van der Waals surface area contributed by atoms with Crippen LogP contribution in [0.3, 0.4) is 0 Å². The van der Waals surface area contributed by atoms with Crippen LogP contribution in [-0.2, 0) is 4.79 Å². The first-order valence-corrected chi connectivity index (χ1v) is 7.58. The van der Waals surface area contributed by atoms with Gasteiger partial charge in [-0.2, -0.15) is 0 Å². The molecule has 2 fully saturated rings. The van der Waals surface area contributed by atoms with Crippen LogP contribution in [0.4, 0.5) is 0 Å². The lowest BCUT2D eigenvalue weighted by Gasteiger charge is -2.32. The van der Waals surface area contributed by atoms with Crippen LogP contribution >= 0.6 is 0 Å². The maximum absolute atomic E-state index is 12.0. The van der Waals surface area contributed by atoms with E-state index in [1.807, 2.05) is 0 Å². The van der Waals surface area contributed by atoms with Crippen molar-refractivity contribution in [2.75, 3.05) is 13.1 Å². The molecule has 2 heteroatoms. The molecule has 2 aliphatic rings. The zero-order valence-electron chi connectivity index (χ0n) is 11.3. The summed E-state index contributed by atoms with van der Waals surface area (Å²) in [5.41, 5.74) is 0. The summed E-state index contributed by atoms with van der Waals surface area (Å²) >= 11 is 0. The Morgan fingerprint density at radius 1 is 1.12 bits per heavy atom. The molecule has 0 spiro atoms. The van der Waals surface area contributed by atoms with Crippen LogP contribution in [-0.4, -0.2) is 29.8 Å². The first kappa shape index (κ1) is 13.1. The highest BCUT2D eigenvalue weighted by Crippen LogP contribution is 2.26. The van der Waals surface area contributed by atoms with Crippen molar-refractivity contribution in [2.45, 2.75) is 70.8 Å². The number of hydrogen-bond acceptors (Lipinski definition) is 2. The van der Waals surface area contributed by atoms with Crippen LogP contribution in [0.15, 0.2) is 0 Å². The molecule has 0 aromatic carbocycles. The second-order valence-corrected chi connectivity index (χ2v) is 5.85. The Hall–Kier alpha value is -0.370. The third kappa shape index (κ3) is 3.54. The van der Waals surface area contributed by atoms with E-state index >= 15 is 0 Å². The molecular weight excluding hydrogens is 210 g/mol. The number of carbonyl (C=O) groups excluding carboxylic acids is 1. The summed E-state index contributed by atoms with van der Waals surface area (Å²) in [5.74, 6) is 1.44. The fraction of sp³-hybridized carbons (Fsp3) is 0.933. The summed E-state index contributed by atoms with van der Waals surface area (Å²) < 4.78 is 0. The summed E-state index contributed by atoms with van der Waals surface area (Å²) in [7, 11) is 0. The van der Waals surface area contributed by atoms with Crippen molar-refractivity contribution in [3.63, 3.8) is 0 Å². The van der Waals surface area contributed by atoms with E-state index in [1.165, 1.54) is 45.1 Å². The average Bonchev–Trinajstić information content (AvgIpc) is 2.56. The largest absolute Gasteiger partial charge is 0.298 e. The molecule has 1 saturated carbocycles. The van der Waals surface area contributed by atoms with Gasteiger partial charge in [-0.25, -0.2) is 0 Å². The van der Waals surface area contributed by atoms with E-state index in [4.69, 9.17) is 0 Å². The Bertz CT molecular complexity index is 251. The summed E-state index contributed by atoms with van der Waals surface area (Å²) in [5, 5.41) is 0. The molecule has 1 saturated heterocycles. The van der Waals surface area contributed by atoms with Gasteiger partial charge in [0.05, 0.1) is 6.04 Å². The molecule has 0 bridgehead atoms. The normalized spacial score (nSPS) is 32.4. The quantitative estimate of drug-likeness (QED) is 0.750. The van der Waals surface area contributed by atoms with Gasteiger partial charge < -0.3 is 0 Å². The van der Waals surface area contributed by atoms with Gasteiger partial charge in [-0.3, -0.25) is 9.69 Å². The van der Waals surface area contributed by atoms with Crippen molar-refractivity contribution in [1.82, 2.24) is 4.90 Å². The topological polar surface area (TPSA) is 20.3 Å². The zero-order valence-corrected chi connectivity index (χ0v) is 11.3. The second-order valence-electron chi connectivity index (χ2n) is 5.85. The van der Waals surface area contributed by atoms with Gasteiger partial charge in [-0.15, -0.1) is 0 Å². The van der Waals surface area contributed by atoms with E-state index in [2.05, 4.69) is 11.8 Å². The molecule has 1 aliphatic carbocycles. The number of rotatable bonds is 3. The van der Waals surface area contributed by atoms with E-state index in [9.17, 15) is 4.79 Å². The maximum Gasteiger partial charge on any atom is 0.149 e. The second kappa shape index (κ2) is 6.53. The Kier molecular flexibility index (Phi) is 5.02. The third-order valence-corrected chi connectivity index (χ3v) is 4.54. The number of carbonyl (C=O) groups is 1. The van der Waals surface area contributed by atoms with Crippen molar-refractivity contribution in [3.05, 3.63) is 0 Å². The lowest BCUT2D eigenvalue weighted by molar-refractivity contribution is -0.126. The molecule has 2 rings (SSSR count). The van der Waals surface area contributed by atoms with Crippen LogP contribution < -0.4 is 0 Å². The summed E-state index contributed by atoms with van der Waals surface area (Å²) in [4.78, 5) is 14.5. The smallest absolute Gasteiger partial charge is 0.149 e. The van der Waals surface area contributed by atoms with E-state index in [0.29, 0.717) is 5.78 Å². The third-order valence-electron chi connectivity index (χ3n) is 4.54. The summed E-state index contributed by atoms with van der Waals surface area (Å²) in [6.07, 6.45) is 11.0. The average molecular weight is 237 g/mol. The van der Waals surface area contributed by atoms with E-state index < -0.39 is 0 Å². The predicted octanol–water partition coefficient (Wildman–Crippen LogP) is 3.40. The molecule has 98 valence electrons. The standard InChI is InChI=1S/C15H27NO/c1-2-6-13-7-5-11-16(12-10-13)14-8-3-4-9-15(14)17/h13-14H,2-12H2,1H3. The predicted molar refractivity (Wildman–Crippen MR) is 71.1 cm³/mol. The lowest BCUT2D eigenvalue weighted by atomic mass is 9.92. The molecule has 2 unspecified atom stereocenters. The summed E-state index contributed by atoms with van der Waals surface area (Å²) in [6, 6.07) is 0.282. The highest BCUT2D eigenvalue weighted by atomic mass is 16.1. The molecule has 0 aromatic rings. The first-order chi connectivity index (χ1) is 8.31. The number of hydrogen-bond donors (Lipinski definition) is 0. The number of nitrogens with zero attached hydrogens (tertiary/aromatic N) is 1. The van der Waals surface area contributed by atoms with Crippen molar-refractivity contribution >= 4 is 5.78 Å². The highest BCUT2D eigenvalue weighted by molar-refractivity contribution is 5.84. The van der Waals surface area contributed by atoms with Gasteiger partial charge in [0.1, 0.15) is 5.78 Å². The van der Waals surface area contributed by atoms with Gasteiger partial charge in [-0.1, -0.05) is 26.2 Å². The molecule has 1 heterocycles. The molecule has 2 atom stereocenters. The minimum absolute atomic E-state index is 0.282. The molecular formula is C15H27NO. The van der Waals surface area contributed by atoms with Crippen LogP contribution in [0.25, 0.3) is 0 Å². The van der Waals surface area contributed by atoms with Crippen LogP contribution in [0.5, 0.6) is 0 Å². The number of Topliss-reactive ketones (excluding diaryl/α,β-unsaturated/α-hetero) is 1. The van der Waals surface area contributed by atoms with Gasteiger partial charge in [0.15, 0.2) is 0 Å². The van der Waals surface area contributed by atoms with Crippen molar-refractivity contribution in [2.24, 2.45) is 5.92 Å². The number of ketones is 1. The van der Waals surface area contributed by atoms with Crippen molar-refractivity contribution in [1.29, 1.82) is 0 Å². The van der Waals surface area contributed by atoms with Crippen molar-refractivity contribution < 1.29 is 4.79 Å². The van der Waals surface area contributed by atoms with Gasteiger partial charge in [0.2, 0.25) is 0 Å². The van der Waals surface area contributed by atoms with Gasteiger partial charge in [0, 0.05) is 6.42 Å². The SMILES string of the molecule is CCCC1CCCN(C2CCCCC2=O)CC1. The van der Waals surface area contributed by atoms with Gasteiger partial charge in [0.25, 0.3) is 0 Å². The zero-order chi connectivity index (χ0) is 12.1. The van der Waals surface area contributed by atoms with Crippen LogP contribution in [0.2, 0.25) is 0 Å². The minimum atomic E-state index is 0.282. The fourth-order valence-corrected chi connectivity index (χ4v) is 3.55. The van der Waals surface area contributed by atoms with E-state index in [0.717, 1.165) is 31.7 Å². The highest BCUT2D eigenvalue weighted by Gasteiger charge is 2.29. The lowest BCUT2D eigenvalue weighted by Crippen LogP contribution is -2.43. The van der Waals surface area contributed by atoms with Gasteiger partial charge >= 0.3 is 0 Å².